The summed E-state index contributed by atoms with van der Waals surface area (Å²) in [7, 11) is 0. The van der Waals surface area contributed by atoms with E-state index in [-0.39, 0.29) is 11.2 Å². The molecule has 0 aliphatic carbocycles. The Morgan fingerprint density at radius 3 is 2.68 bits per heavy atom. The number of carbonyl (C=O) groups excluding carboxylic acids is 1. The maximum Gasteiger partial charge on any atom is 0.243 e. The van der Waals surface area contributed by atoms with Gasteiger partial charge in [0.1, 0.15) is 4.32 Å². The molecule has 1 heterocycles. The number of carbonyl (C=O) groups is 1. The van der Waals surface area contributed by atoms with Crippen LogP contribution in [-0.2, 0) is 4.79 Å². The van der Waals surface area contributed by atoms with Gasteiger partial charge in [0, 0.05) is 5.69 Å². The molecule has 1 atom stereocenters. The minimum absolute atomic E-state index is 0.00551. The van der Waals surface area contributed by atoms with Gasteiger partial charge in [0.05, 0.1) is 11.9 Å². The highest BCUT2D eigenvalue weighted by atomic mass is 32.2. The Kier molecular flexibility index (Phi) is 4.47. The lowest BCUT2D eigenvalue weighted by Gasteiger charge is -2.17. The van der Waals surface area contributed by atoms with Crippen LogP contribution < -0.4 is 5.32 Å². The van der Waals surface area contributed by atoms with E-state index in [2.05, 4.69) is 31.3 Å². The van der Waals surface area contributed by atoms with Crippen LogP contribution in [0.1, 0.15) is 24.5 Å². The second-order valence-electron chi connectivity index (χ2n) is 4.68. The van der Waals surface area contributed by atoms with Crippen LogP contribution >= 0.6 is 24.0 Å². The highest BCUT2D eigenvalue weighted by molar-refractivity contribution is 8.24. The van der Waals surface area contributed by atoms with Gasteiger partial charge in [-0.25, -0.2) is 0 Å². The number of aryl methyl sites for hydroxylation is 2. The van der Waals surface area contributed by atoms with E-state index in [4.69, 9.17) is 12.2 Å². The van der Waals surface area contributed by atoms with Crippen molar-refractivity contribution in [2.45, 2.75) is 32.4 Å². The van der Waals surface area contributed by atoms with Crippen LogP contribution in [0.25, 0.3) is 0 Å². The molecule has 1 aliphatic heterocycles. The molecule has 0 radical (unpaired) electrons. The van der Waals surface area contributed by atoms with Gasteiger partial charge in [0.25, 0.3) is 0 Å². The first kappa shape index (κ1) is 14.3. The Labute approximate surface area is 123 Å². The van der Waals surface area contributed by atoms with E-state index in [9.17, 15) is 4.79 Å². The summed E-state index contributed by atoms with van der Waals surface area (Å²) in [4.78, 5) is 13.7. The summed E-state index contributed by atoms with van der Waals surface area (Å²) in [5, 5.41) is 3.26. The van der Waals surface area contributed by atoms with Crippen molar-refractivity contribution in [3.05, 3.63) is 29.3 Å². The first-order valence-corrected chi connectivity index (χ1v) is 7.65. The smallest absolute Gasteiger partial charge is 0.243 e. The minimum Gasteiger partial charge on any atom is -0.367 e. The third-order valence-corrected chi connectivity index (χ3v) is 5.07. The topological polar surface area (TPSA) is 32.3 Å². The largest absolute Gasteiger partial charge is 0.367 e. The molecule has 1 fully saturated rings. The Balaban J connectivity index is 2.00. The lowest BCUT2D eigenvalue weighted by atomic mass is 10.1. The summed E-state index contributed by atoms with van der Waals surface area (Å²) in [6.45, 7) is 6.62. The van der Waals surface area contributed by atoms with Crippen LogP contribution in [0, 0.1) is 13.8 Å². The molecule has 0 bridgehead atoms. The summed E-state index contributed by atoms with van der Waals surface area (Å²) >= 11 is 6.74. The van der Waals surface area contributed by atoms with E-state index in [1.807, 2.05) is 13.0 Å². The van der Waals surface area contributed by atoms with Gasteiger partial charge in [-0.15, -0.1) is 0 Å². The van der Waals surface area contributed by atoms with E-state index in [0.29, 0.717) is 11.0 Å². The van der Waals surface area contributed by atoms with Crippen LogP contribution in [-0.4, -0.2) is 27.0 Å². The maximum atomic E-state index is 12.1. The van der Waals surface area contributed by atoms with Gasteiger partial charge in [-0.2, -0.15) is 0 Å². The molecule has 3 nitrogen and oxygen atoms in total. The van der Waals surface area contributed by atoms with Crippen LogP contribution in [0.3, 0.4) is 0 Å². The molecule has 19 heavy (non-hydrogen) atoms. The Morgan fingerprint density at radius 2 is 2.11 bits per heavy atom. The molecule has 1 unspecified atom stereocenters. The number of thiocarbonyl (C=S) groups is 1. The monoisotopic (exact) mass is 294 g/mol. The van der Waals surface area contributed by atoms with Gasteiger partial charge < -0.3 is 5.32 Å². The lowest BCUT2D eigenvalue weighted by molar-refractivity contribution is -0.125. The molecule has 0 aromatic heterocycles. The van der Waals surface area contributed by atoms with Crippen molar-refractivity contribution in [2.75, 3.05) is 12.0 Å². The van der Waals surface area contributed by atoms with Crippen LogP contribution in [0.2, 0.25) is 0 Å². The molecule has 0 saturated carbocycles. The number of amides is 1. The summed E-state index contributed by atoms with van der Waals surface area (Å²) in [5.74, 6) is 0.119. The zero-order valence-corrected chi connectivity index (χ0v) is 13.0. The summed E-state index contributed by atoms with van der Waals surface area (Å²) in [6, 6.07) is 6.19. The van der Waals surface area contributed by atoms with Crippen LogP contribution in [0.15, 0.2) is 18.2 Å². The molecule has 1 amide bonds. The van der Waals surface area contributed by atoms with Crippen LogP contribution in [0.4, 0.5) is 5.69 Å². The third kappa shape index (κ3) is 3.09. The zero-order valence-electron chi connectivity index (χ0n) is 11.4. The predicted octanol–water partition coefficient (Wildman–Crippen LogP) is 3.31. The molecule has 1 aromatic carbocycles. The van der Waals surface area contributed by atoms with E-state index in [0.717, 1.165) is 12.1 Å². The van der Waals surface area contributed by atoms with Crippen LogP contribution in [0.5, 0.6) is 0 Å². The van der Waals surface area contributed by atoms with Crippen molar-refractivity contribution >= 4 is 39.9 Å². The number of nitrogens with zero attached hydrogens (tertiary/aromatic N) is 1. The molecule has 102 valence electrons. The quantitative estimate of drug-likeness (QED) is 0.864. The molecule has 1 N–H and O–H groups in total. The van der Waals surface area contributed by atoms with E-state index in [1.54, 1.807) is 4.90 Å². The third-order valence-electron chi connectivity index (χ3n) is 3.32. The first-order valence-electron chi connectivity index (χ1n) is 6.36. The predicted molar refractivity (Wildman–Crippen MR) is 85.5 cm³/mol. The molecule has 0 spiro atoms. The highest BCUT2D eigenvalue weighted by Crippen LogP contribution is 2.29. The SMILES string of the molecule is CCC1SC(=S)N(CNc2ccc(C)c(C)c2)C1=O. The fourth-order valence-corrected chi connectivity index (χ4v) is 3.34. The highest BCUT2D eigenvalue weighted by Gasteiger charge is 2.35. The van der Waals surface area contributed by atoms with Gasteiger partial charge in [-0.1, -0.05) is 37.0 Å². The number of thioether (sulfide) groups is 1. The Hall–Kier alpha value is -1.07. The van der Waals surface area contributed by atoms with Gasteiger partial charge in [0.2, 0.25) is 5.91 Å². The minimum atomic E-state index is -0.00551. The van der Waals surface area contributed by atoms with E-state index < -0.39 is 0 Å². The normalized spacial score (nSPS) is 19.1. The van der Waals surface area contributed by atoms with Crippen molar-refractivity contribution in [3.8, 4) is 0 Å². The number of rotatable bonds is 4. The molecule has 1 saturated heterocycles. The second kappa shape index (κ2) is 5.92. The fraction of sp³-hybridized carbons (Fsp3) is 0.429. The van der Waals surface area contributed by atoms with Gasteiger partial charge in [0.15, 0.2) is 0 Å². The van der Waals surface area contributed by atoms with Crippen molar-refractivity contribution in [2.24, 2.45) is 0 Å². The average molecular weight is 294 g/mol. The number of nitrogens with one attached hydrogen (secondary N) is 1. The summed E-state index contributed by atoms with van der Waals surface area (Å²) < 4.78 is 0.674. The molecule has 2 rings (SSSR count). The van der Waals surface area contributed by atoms with Gasteiger partial charge >= 0.3 is 0 Å². The van der Waals surface area contributed by atoms with Gasteiger partial charge in [-0.3, -0.25) is 9.69 Å². The number of hydrogen-bond donors (Lipinski definition) is 1. The second-order valence-corrected chi connectivity index (χ2v) is 6.52. The van der Waals surface area contributed by atoms with Gasteiger partial charge in [-0.05, 0) is 43.5 Å². The fourth-order valence-electron chi connectivity index (χ4n) is 1.92. The maximum absolute atomic E-state index is 12.1. The standard InChI is InChI=1S/C14H18N2OS2/c1-4-12-13(17)16(14(18)19-12)8-15-11-6-5-9(2)10(3)7-11/h5-7,12,15H,4,8H2,1-3H3. The van der Waals surface area contributed by atoms with Crippen molar-refractivity contribution in [1.29, 1.82) is 0 Å². The Bertz CT molecular complexity index is 516. The Morgan fingerprint density at radius 1 is 1.37 bits per heavy atom. The summed E-state index contributed by atoms with van der Waals surface area (Å²) in [6.07, 6.45) is 0.823. The molecule has 1 aromatic rings. The van der Waals surface area contributed by atoms with E-state index >= 15 is 0 Å². The molecule has 5 heteroatoms. The first-order chi connectivity index (χ1) is 9.02. The number of anilines is 1. The molecular formula is C14H18N2OS2. The van der Waals surface area contributed by atoms with E-state index in [1.165, 1.54) is 22.9 Å². The van der Waals surface area contributed by atoms with Crippen molar-refractivity contribution < 1.29 is 4.79 Å². The number of benzene rings is 1. The average Bonchev–Trinajstić information content (AvgIpc) is 2.66. The zero-order chi connectivity index (χ0) is 14.0. The van der Waals surface area contributed by atoms with Crippen molar-refractivity contribution in [3.63, 3.8) is 0 Å². The number of hydrogen-bond acceptors (Lipinski definition) is 4. The summed E-state index contributed by atoms with van der Waals surface area (Å²) in [5.41, 5.74) is 3.52. The van der Waals surface area contributed by atoms with Crippen molar-refractivity contribution in [1.82, 2.24) is 4.90 Å². The molecular weight excluding hydrogens is 276 g/mol. The molecule has 1 aliphatic rings. The lowest BCUT2D eigenvalue weighted by Crippen LogP contribution is -2.35.